The van der Waals surface area contributed by atoms with Crippen LogP contribution in [0.5, 0.6) is 0 Å². The maximum Gasteiger partial charge on any atom is 0.215 e. The number of nitrogens with one attached hydrogen (secondary N) is 1. The van der Waals surface area contributed by atoms with E-state index in [-0.39, 0.29) is 12.3 Å². The summed E-state index contributed by atoms with van der Waals surface area (Å²) in [7, 11) is -3.48. The standard InChI is InChI=1S/C15H16ClNO3S/c16-14-8-6-13(7-9-14)15(18)10-17-21(19,20)11-12-4-2-1-3-5-12/h1-9,15,17-18H,10-11H2/t15-/m0/s1. The van der Waals surface area contributed by atoms with Crippen LogP contribution in [0.25, 0.3) is 0 Å². The van der Waals surface area contributed by atoms with Crippen molar-refractivity contribution >= 4 is 21.6 Å². The monoisotopic (exact) mass is 325 g/mol. The average molecular weight is 326 g/mol. The molecule has 1 atom stereocenters. The lowest BCUT2D eigenvalue weighted by Gasteiger charge is -2.13. The second kappa shape index (κ2) is 7.04. The largest absolute Gasteiger partial charge is 0.387 e. The van der Waals surface area contributed by atoms with Gasteiger partial charge in [-0.3, -0.25) is 0 Å². The van der Waals surface area contributed by atoms with E-state index in [0.29, 0.717) is 16.1 Å². The van der Waals surface area contributed by atoms with Crippen LogP contribution in [0.4, 0.5) is 0 Å². The molecule has 6 heteroatoms. The minimum Gasteiger partial charge on any atom is -0.387 e. The van der Waals surface area contributed by atoms with Gasteiger partial charge in [0.25, 0.3) is 0 Å². The van der Waals surface area contributed by atoms with Gasteiger partial charge in [0.1, 0.15) is 0 Å². The van der Waals surface area contributed by atoms with E-state index < -0.39 is 16.1 Å². The Balaban J connectivity index is 1.93. The first-order valence-electron chi connectivity index (χ1n) is 6.41. The lowest BCUT2D eigenvalue weighted by Crippen LogP contribution is -2.29. The Morgan fingerprint density at radius 2 is 1.67 bits per heavy atom. The fourth-order valence-electron chi connectivity index (χ4n) is 1.85. The van der Waals surface area contributed by atoms with E-state index in [0.717, 1.165) is 0 Å². The van der Waals surface area contributed by atoms with Gasteiger partial charge in [-0.1, -0.05) is 54.1 Å². The van der Waals surface area contributed by atoms with Gasteiger partial charge < -0.3 is 5.11 Å². The zero-order valence-electron chi connectivity index (χ0n) is 11.2. The zero-order valence-corrected chi connectivity index (χ0v) is 12.8. The van der Waals surface area contributed by atoms with Crippen molar-refractivity contribution in [2.24, 2.45) is 0 Å². The van der Waals surface area contributed by atoms with Gasteiger partial charge in [-0.05, 0) is 23.3 Å². The number of hydrogen-bond donors (Lipinski definition) is 2. The van der Waals surface area contributed by atoms with E-state index >= 15 is 0 Å². The molecular weight excluding hydrogens is 310 g/mol. The number of hydrogen-bond acceptors (Lipinski definition) is 3. The maximum absolute atomic E-state index is 11.9. The zero-order chi connectivity index (χ0) is 15.3. The molecule has 2 aromatic carbocycles. The van der Waals surface area contributed by atoms with Gasteiger partial charge in [0.05, 0.1) is 11.9 Å². The summed E-state index contributed by atoms with van der Waals surface area (Å²) in [4.78, 5) is 0. The summed E-state index contributed by atoms with van der Waals surface area (Å²) in [6.45, 7) is -0.0726. The number of rotatable bonds is 6. The van der Waals surface area contributed by atoms with Gasteiger partial charge in [0, 0.05) is 11.6 Å². The molecule has 0 saturated carbocycles. The molecule has 2 N–H and O–H groups in total. The number of aliphatic hydroxyl groups excluding tert-OH is 1. The summed E-state index contributed by atoms with van der Waals surface area (Å²) in [6.07, 6.45) is -0.909. The highest BCUT2D eigenvalue weighted by Crippen LogP contribution is 2.16. The minimum absolute atomic E-state index is 0.0726. The summed E-state index contributed by atoms with van der Waals surface area (Å²) in [5, 5.41) is 10.5. The van der Waals surface area contributed by atoms with Crippen LogP contribution in [0.2, 0.25) is 5.02 Å². The summed E-state index contributed by atoms with van der Waals surface area (Å²) in [6, 6.07) is 15.5. The second-order valence-electron chi connectivity index (χ2n) is 4.66. The number of halogens is 1. The lowest BCUT2D eigenvalue weighted by molar-refractivity contribution is 0.182. The Kier molecular flexibility index (Phi) is 5.36. The average Bonchev–Trinajstić information content (AvgIpc) is 2.46. The summed E-state index contributed by atoms with van der Waals surface area (Å²) in [5.41, 5.74) is 1.31. The number of sulfonamides is 1. The third kappa shape index (κ3) is 5.13. The van der Waals surface area contributed by atoms with E-state index in [1.807, 2.05) is 6.07 Å². The summed E-state index contributed by atoms with van der Waals surface area (Å²) in [5.74, 6) is -0.110. The van der Waals surface area contributed by atoms with Crippen molar-refractivity contribution in [2.45, 2.75) is 11.9 Å². The molecule has 0 aliphatic heterocycles. The van der Waals surface area contributed by atoms with Crippen molar-refractivity contribution in [1.29, 1.82) is 0 Å². The van der Waals surface area contributed by atoms with Crippen molar-refractivity contribution in [3.63, 3.8) is 0 Å². The smallest absolute Gasteiger partial charge is 0.215 e. The third-order valence-electron chi connectivity index (χ3n) is 2.95. The number of aliphatic hydroxyl groups is 1. The normalized spacial score (nSPS) is 13.0. The molecule has 0 aromatic heterocycles. The highest BCUT2D eigenvalue weighted by atomic mass is 35.5. The first kappa shape index (κ1) is 16.0. The first-order valence-corrected chi connectivity index (χ1v) is 8.44. The molecule has 2 rings (SSSR count). The van der Waals surface area contributed by atoms with E-state index in [1.54, 1.807) is 48.5 Å². The van der Waals surface area contributed by atoms with Gasteiger partial charge in [0.15, 0.2) is 0 Å². The van der Waals surface area contributed by atoms with Crippen molar-refractivity contribution in [2.75, 3.05) is 6.54 Å². The SMILES string of the molecule is O=S(=O)(Cc1ccccc1)NC[C@H](O)c1ccc(Cl)cc1. The molecule has 0 spiro atoms. The molecule has 0 aliphatic rings. The number of benzene rings is 2. The molecule has 4 nitrogen and oxygen atoms in total. The topological polar surface area (TPSA) is 66.4 Å². The van der Waals surface area contributed by atoms with Crippen molar-refractivity contribution in [3.05, 3.63) is 70.7 Å². The molecule has 0 unspecified atom stereocenters. The summed E-state index contributed by atoms with van der Waals surface area (Å²) >= 11 is 5.76. The molecule has 21 heavy (non-hydrogen) atoms. The molecule has 2 aromatic rings. The van der Waals surface area contributed by atoms with Crippen LogP contribution in [-0.4, -0.2) is 20.1 Å². The van der Waals surface area contributed by atoms with Gasteiger partial charge in [-0.2, -0.15) is 0 Å². The van der Waals surface area contributed by atoms with Crippen LogP contribution in [0, 0.1) is 0 Å². The second-order valence-corrected chi connectivity index (χ2v) is 6.90. The molecule has 0 bridgehead atoms. The minimum atomic E-state index is -3.48. The van der Waals surface area contributed by atoms with E-state index in [4.69, 9.17) is 11.6 Å². The highest BCUT2D eigenvalue weighted by molar-refractivity contribution is 7.88. The van der Waals surface area contributed by atoms with E-state index in [9.17, 15) is 13.5 Å². The molecule has 0 heterocycles. The van der Waals surface area contributed by atoms with Gasteiger partial charge in [0.2, 0.25) is 10.0 Å². The predicted molar refractivity (Wildman–Crippen MR) is 83.5 cm³/mol. The molecule has 112 valence electrons. The van der Waals surface area contributed by atoms with Crippen LogP contribution < -0.4 is 4.72 Å². The van der Waals surface area contributed by atoms with Gasteiger partial charge in [-0.25, -0.2) is 13.1 Å². The highest BCUT2D eigenvalue weighted by Gasteiger charge is 2.14. The quantitative estimate of drug-likeness (QED) is 0.857. The molecule has 0 radical (unpaired) electrons. The van der Waals surface area contributed by atoms with Crippen molar-refractivity contribution in [1.82, 2.24) is 4.72 Å². The predicted octanol–water partition coefficient (Wildman–Crippen LogP) is 2.49. The summed E-state index contributed by atoms with van der Waals surface area (Å²) < 4.78 is 26.3. The molecule has 0 amide bonds. The van der Waals surface area contributed by atoms with Crippen LogP contribution in [0.1, 0.15) is 17.2 Å². The first-order chi connectivity index (χ1) is 9.96. The Bertz CT molecular complexity index is 672. The third-order valence-corrected chi connectivity index (χ3v) is 4.52. The maximum atomic E-state index is 11.9. The van der Waals surface area contributed by atoms with Gasteiger partial charge in [-0.15, -0.1) is 0 Å². The van der Waals surface area contributed by atoms with E-state index in [1.165, 1.54) is 0 Å². The molecule has 0 fully saturated rings. The fourth-order valence-corrected chi connectivity index (χ4v) is 3.12. The van der Waals surface area contributed by atoms with Crippen LogP contribution in [-0.2, 0) is 15.8 Å². The lowest BCUT2D eigenvalue weighted by atomic mass is 10.1. The Morgan fingerprint density at radius 3 is 2.29 bits per heavy atom. The van der Waals surface area contributed by atoms with Crippen LogP contribution >= 0.6 is 11.6 Å². The Morgan fingerprint density at radius 1 is 1.05 bits per heavy atom. The van der Waals surface area contributed by atoms with Crippen molar-refractivity contribution < 1.29 is 13.5 Å². The fraction of sp³-hybridized carbons (Fsp3) is 0.200. The molecular formula is C15H16ClNO3S. The molecule has 0 aliphatic carbocycles. The van der Waals surface area contributed by atoms with Crippen molar-refractivity contribution in [3.8, 4) is 0 Å². The van der Waals surface area contributed by atoms with Crippen LogP contribution in [0.15, 0.2) is 54.6 Å². The van der Waals surface area contributed by atoms with E-state index in [2.05, 4.69) is 4.72 Å². The Hall–Kier alpha value is -1.40. The Labute approximate surface area is 129 Å². The van der Waals surface area contributed by atoms with Crippen LogP contribution in [0.3, 0.4) is 0 Å². The van der Waals surface area contributed by atoms with Gasteiger partial charge >= 0.3 is 0 Å². The molecule has 0 saturated heterocycles.